The lowest BCUT2D eigenvalue weighted by Crippen LogP contribution is -2.25. The van der Waals surface area contributed by atoms with E-state index in [4.69, 9.17) is 4.74 Å². The number of carbonyl (C=O) groups excluding carboxylic acids is 1. The first-order valence-electron chi connectivity index (χ1n) is 6.72. The molecular weight excluding hydrogens is 368 g/mol. The summed E-state index contributed by atoms with van der Waals surface area (Å²) in [7, 11) is 1.42. The number of hydrogen-bond acceptors (Lipinski definition) is 5. The number of benzene rings is 1. The fourth-order valence-corrected chi connectivity index (χ4v) is 2.28. The molecule has 0 bridgehead atoms. The molecule has 0 saturated carbocycles. The molecule has 0 aliphatic rings. The smallest absolute Gasteiger partial charge is 0.296 e. The Labute approximate surface area is 140 Å². The zero-order valence-electron chi connectivity index (χ0n) is 12.5. The normalized spacial score (nSPS) is 11.8. The van der Waals surface area contributed by atoms with Crippen LogP contribution in [0.25, 0.3) is 0 Å². The summed E-state index contributed by atoms with van der Waals surface area (Å²) in [6, 6.07) is 4.27. The maximum atomic E-state index is 12.2. The van der Waals surface area contributed by atoms with E-state index in [1.54, 1.807) is 30.1 Å². The summed E-state index contributed by atoms with van der Waals surface area (Å²) < 4.78 is 7.40. The fraction of sp³-hybridized carbons (Fsp3) is 0.286. The van der Waals surface area contributed by atoms with Gasteiger partial charge in [0.1, 0.15) is 11.4 Å². The summed E-state index contributed by atoms with van der Waals surface area (Å²) in [5.74, 6) is -0.391. The van der Waals surface area contributed by atoms with Crippen LogP contribution in [0.1, 0.15) is 6.92 Å². The van der Waals surface area contributed by atoms with Crippen LogP contribution in [0.2, 0.25) is 0 Å². The summed E-state index contributed by atoms with van der Waals surface area (Å²) in [5.41, 5.74) is -0.0824. The van der Waals surface area contributed by atoms with E-state index in [1.807, 2.05) is 0 Å². The van der Waals surface area contributed by atoms with Crippen LogP contribution in [0, 0.1) is 16.0 Å². The van der Waals surface area contributed by atoms with E-state index in [2.05, 4.69) is 26.3 Å². The fourth-order valence-electron chi connectivity index (χ4n) is 1.95. The van der Waals surface area contributed by atoms with Gasteiger partial charge in [-0.05, 0) is 28.1 Å². The Morgan fingerprint density at radius 3 is 2.87 bits per heavy atom. The van der Waals surface area contributed by atoms with Crippen LogP contribution in [0.15, 0.2) is 35.1 Å². The average Bonchev–Trinajstić information content (AvgIpc) is 2.92. The monoisotopic (exact) mass is 382 g/mol. The third-order valence-electron chi connectivity index (χ3n) is 3.17. The van der Waals surface area contributed by atoms with E-state index in [-0.39, 0.29) is 17.3 Å². The molecule has 0 spiro atoms. The average molecular weight is 383 g/mol. The molecule has 1 N–H and O–H groups in total. The number of amides is 1. The van der Waals surface area contributed by atoms with Gasteiger partial charge < -0.3 is 10.1 Å². The van der Waals surface area contributed by atoms with Crippen molar-refractivity contribution in [3.8, 4) is 5.75 Å². The van der Waals surface area contributed by atoms with Gasteiger partial charge in [-0.1, -0.05) is 6.92 Å². The number of halogens is 1. The van der Waals surface area contributed by atoms with Crippen LogP contribution in [0.3, 0.4) is 0 Å². The number of nitro groups is 1. The highest BCUT2D eigenvalue weighted by Crippen LogP contribution is 2.29. The lowest BCUT2D eigenvalue weighted by Gasteiger charge is -2.13. The third kappa shape index (κ3) is 4.28. The van der Waals surface area contributed by atoms with Gasteiger partial charge in [0.15, 0.2) is 0 Å². The van der Waals surface area contributed by atoms with Crippen molar-refractivity contribution in [2.75, 3.05) is 12.4 Å². The van der Waals surface area contributed by atoms with Gasteiger partial charge in [0.05, 0.1) is 41.2 Å². The van der Waals surface area contributed by atoms with Crippen LogP contribution < -0.4 is 10.1 Å². The van der Waals surface area contributed by atoms with Crippen molar-refractivity contribution in [3.63, 3.8) is 0 Å². The number of aromatic nitrogens is 2. The number of methoxy groups -OCH3 is 1. The minimum atomic E-state index is -0.562. The number of rotatable bonds is 6. The lowest BCUT2D eigenvalue weighted by molar-refractivity contribution is -0.384. The number of nitro benzene ring substituents is 1. The highest BCUT2D eigenvalue weighted by molar-refractivity contribution is 9.10. The Morgan fingerprint density at radius 1 is 1.57 bits per heavy atom. The molecule has 2 aromatic rings. The molecule has 9 heteroatoms. The molecule has 2 rings (SSSR count). The summed E-state index contributed by atoms with van der Waals surface area (Å²) in [4.78, 5) is 22.8. The highest BCUT2D eigenvalue weighted by atomic mass is 79.9. The maximum Gasteiger partial charge on any atom is 0.296 e. The Bertz CT molecular complexity index is 731. The van der Waals surface area contributed by atoms with Crippen molar-refractivity contribution in [1.29, 1.82) is 0 Å². The first-order valence-corrected chi connectivity index (χ1v) is 7.51. The molecule has 8 nitrogen and oxygen atoms in total. The third-order valence-corrected chi connectivity index (χ3v) is 3.58. The van der Waals surface area contributed by atoms with Gasteiger partial charge in [-0.3, -0.25) is 19.6 Å². The predicted octanol–water partition coefficient (Wildman–Crippen LogP) is 2.84. The van der Waals surface area contributed by atoms with Gasteiger partial charge in [-0.2, -0.15) is 5.10 Å². The predicted molar refractivity (Wildman–Crippen MR) is 87.4 cm³/mol. The molecule has 122 valence electrons. The molecule has 1 amide bonds. The van der Waals surface area contributed by atoms with E-state index in [1.165, 1.54) is 19.2 Å². The standard InChI is InChI=1S/C14H15BrN4O4/c1-9(7-18-8-10(15)6-16-18)14(20)17-12-4-3-11(23-2)5-13(12)19(21)22/h3-6,8-9H,7H2,1-2H3,(H,17,20). The number of ether oxygens (including phenoxy) is 1. The van der Waals surface area contributed by atoms with Crippen LogP contribution in [0.5, 0.6) is 5.75 Å². The van der Waals surface area contributed by atoms with Gasteiger partial charge >= 0.3 is 0 Å². The second-order valence-electron chi connectivity index (χ2n) is 4.91. The van der Waals surface area contributed by atoms with Crippen molar-refractivity contribution in [3.05, 3.63) is 45.2 Å². The highest BCUT2D eigenvalue weighted by Gasteiger charge is 2.20. The van der Waals surface area contributed by atoms with Crippen molar-refractivity contribution in [1.82, 2.24) is 9.78 Å². The van der Waals surface area contributed by atoms with Gasteiger partial charge in [0, 0.05) is 6.20 Å². The first-order chi connectivity index (χ1) is 10.9. The SMILES string of the molecule is COc1ccc(NC(=O)C(C)Cn2cc(Br)cn2)c([N+](=O)[O-])c1. The van der Waals surface area contributed by atoms with Gasteiger partial charge in [0.2, 0.25) is 5.91 Å². The van der Waals surface area contributed by atoms with Crippen LogP contribution in [-0.2, 0) is 11.3 Å². The molecule has 1 aromatic heterocycles. The molecule has 1 aromatic carbocycles. The Hall–Kier alpha value is -2.42. The molecule has 0 fully saturated rings. The molecule has 0 saturated heterocycles. The van der Waals surface area contributed by atoms with Gasteiger partial charge in [0.25, 0.3) is 5.69 Å². The largest absolute Gasteiger partial charge is 0.496 e. The Morgan fingerprint density at radius 2 is 2.30 bits per heavy atom. The van der Waals surface area contributed by atoms with E-state index in [0.29, 0.717) is 12.3 Å². The maximum absolute atomic E-state index is 12.2. The number of carbonyl (C=O) groups is 1. The van der Waals surface area contributed by atoms with Crippen molar-refractivity contribution in [2.24, 2.45) is 5.92 Å². The number of nitrogens with one attached hydrogen (secondary N) is 1. The van der Waals surface area contributed by atoms with Crippen LogP contribution in [-0.4, -0.2) is 27.7 Å². The Balaban J connectivity index is 2.11. The molecule has 1 atom stereocenters. The summed E-state index contributed by atoms with van der Waals surface area (Å²) >= 11 is 3.28. The van der Waals surface area contributed by atoms with E-state index < -0.39 is 10.8 Å². The summed E-state index contributed by atoms with van der Waals surface area (Å²) in [6.45, 7) is 2.08. The van der Waals surface area contributed by atoms with Crippen molar-refractivity contribution >= 4 is 33.2 Å². The van der Waals surface area contributed by atoms with Crippen LogP contribution in [0.4, 0.5) is 11.4 Å². The van der Waals surface area contributed by atoms with E-state index in [0.717, 1.165) is 4.47 Å². The van der Waals surface area contributed by atoms with Gasteiger partial charge in [-0.15, -0.1) is 0 Å². The number of anilines is 1. The van der Waals surface area contributed by atoms with Crippen molar-refractivity contribution in [2.45, 2.75) is 13.5 Å². The molecule has 1 unspecified atom stereocenters. The minimum Gasteiger partial charge on any atom is -0.496 e. The van der Waals surface area contributed by atoms with Gasteiger partial charge in [-0.25, -0.2) is 0 Å². The molecule has 1 heterocycles. The second-order valence-corrected chi connectivity index (χ2v) is 5.83. The van der Waals surface area contributed by atoms with Crippen molar-refractivity contribution < 1.29 is 14.5 Å². The lowest BCUT2D eigenvalue weighted by atomic mass is 10.1. The zero-order chi connectivity index (χ0) is 17.0. The molecular formula is C14H15BrN4O4. The summed E-state index contributed by atoms with van der Waals surface area (Å²) in [6.07, 6.45) is 3.37. The van der Waals surface area contributed by atoms with E-state index in [9.17, 15) is 14.9 Å². The molecule has 0 aliphatic carbocycles. The first kappa shape index (κ1) is 16.9. The minimum absolute atomic E-state index is 0.134. The van der Waals surface area contributed by atoms with E-state index >= 15 is 0 Å². The number of nitrogens with zero attached hydrogens (tertiary/aromatic N) is 3. The quantitative estimate of drug-likeness (QED) is 0.611. The second kappa shape index (κ2) is 7.23. The molecule has 0 aliphatic heterocycles. The number of hydrogen-bond donors (Lipinski definition) is 1. The Kier molecular flexibility index (Phi) is 5.32. The zero-order valence-corrected chi connectivity index (χ0v) is 14.1. The molecule has 23 heavy (non-hydrogen) atoms. The summed E-state index contributed by atoms with van der Waals surface area (Å²) in [5, 5.41) is 17.8. The molecule has 0 radical (unpaired) electrons. The topological polar surface area (TPSA) is 99.3 Å². The van der Waals surface area contributed by atoms with Crippen LogP contribution >= 0.6 is 15.9 Å².